The lowest BCUT2D eigenvalue weighted by molar-refractivity contribution is 0.408. The Morgan fingerprint density at radius 2 is 2.19 bits per heavy atom. The molecule has 0 aliphatic heterocycles. The van der Waals surface area contributed by atoms with E-state index in [1.165, 1.54) is 0 Å². The second-order valence-corrected chi connectivity index (χ2v) is 5.59. The van der Waals surface area contributed by atoms with Gasteiger partial charge in [-0.1, -0.05) is 0 Å². The maximum atomic E-state index is 8.78. The first kappa shape index (κ1) is 14.5. The molecule has 108 valence electrons. The summed E-state index contributed by atoms with van der Waals surface area (Å²) in [6.45, 7) is 6.32. The van der Waals surface area contributed by atoms with Crippen LogP contribution in [-0.2, 0) is 5.54 Å². The van der Waals surface area contributed by atoms with E-state index in [9.17, 15) is 0 Å². The van der Waals surface area contributed by atoms with Gasteiger partial charge in [0.1, 0.15) is 6.07 Å². The van der Waals surface area contributed by atoms with Gasteiger partial charge in [-0.25, -0.2) is 4.98 Å². The van der Waals surface area contributed by atoms with E-state index in [1.54, 1.807) is 12.4 Å². The van der Waals surface area contributed by atoms with Gasteiger partial charge in [0.25, 0.3) is 0 Å². The van der Waals surface area contributed by atoms with Crippen LogP contribution in [0.3, 0.4) is 0 Å². The molecule has 0 radical (unpaired) electrons. The van der Waals surface area contributed by atoms with Crippen molar-refractivity contribution in [1.82, 2.24) is 9.55 Å². The molecular weight excluding hydrogens is 266 g/mol. The van der Waals surface area contributed by atoms with E-state index >= 15 is 0 Å². The van der Waals surface area contributed by atoms with Crippen LogP contribution >= 0.6 is 0 Å². The van der Waals surface area contributed by atoms with E-state index in [-0.39, 0.29) is 17.1 Å². The quantitative estimate of drug-likeness (QED) is 0.454. The molecule has 1 aromatic carbocycles. The minimum atomic E-state index is -0.372. The Morgan fingerprint density at radius 3 is 2.76 bits per heavy atom. The molecule has 21 heavy (non-hydrogen) atoms. The summed E-state index contributed by atoms with van der Waals surface area (Å²) >= 11 is 0. The molecule has 0 saturated heterocycles. The van der Waals surface area contributed by atoms with Crippen LogP contribution in [0, 0.1) is 16.7 Å². The molecule has 0 spiro atoms. The number of nitrogens with zero attached hydrogens (tertiary/aromatic N) is 4. The van der Waals surface area contributed by atoms with E-state index in [1.807, 2.05) is 18.2 Å². The largest absolute Gasteiger partial charge is 0.382 e. The fourth-order valence-electron chi connectivity index (χ4n) is 1.88. The van der Waals surface area contributed by atoms with Gasteiger partial charge in [-0.3, -0.25) is 10.8 Å². The van der Waals surface area contributed by atoms with Gasteiger partial charge < -0.3 is 10.3 Å². The second-order valence-electron chi connectivity index (χ2n) is 5.59. The fourth-order valence-corrected chi connectivity index (χ4v) is 1.88. The van der Waals surface area contributed by atoms with Crippen molar-refractivity contribution in [2.75, 3.05) is 5.43 Å². The summed E-state index contributed by atoms with van der Waals surface area (Å²) in [5.41, 5.74) is 10.3. The maximum Gasteiger partial charge on any atom is 0.201 e. The fraction of sp³-hybridized carbons (Fsp3) is 0.286. The summed E-state index contributed by atoms with van der Waals surface area (Å²) in [7, 11) is 0. The third-order valence-corrected chi connectivity index (χ3v) is 2.93. The molecule has 0 atom stereocenters. The zero-order chi connectivity index (χ0) is 15.6. The molecule has 4 N–H and O–H groups in total. The Morgan fingerprint density at radius 1 is 1.48 bits per heavy atom. The average Bonchev–Trinajstić information content (AvgIpc) is 2.81. The number of anilines is 1. The van der Waals surface area contributed by atoms with E-state index < -0.39 is 0 Å². The minimum Gasteiger partial charge on any atom is -0.382 e. The number of hydrogen-bond acceptors (Lipinski definition) is 5. The standard InChI is InChI=1S/C14H17N7/c1-14(2,3)21-8-18-10-6-9(4-5-12(10)21)19-20-11(7-15)13(16)17/h4-6,8,19H,1-3H3,(H3,16,17)/b20-11+. The van der Waals surface area contributed by atoms with Crippen LogP contribution in [0.25, 0.3) is 11.0 Å². The Labute approximate surface area is 122 Å². The number of nitrogens with one attached hydrogen (secondary N) is 2. The predicted octanol–water partition coefficient (Wildman–Crippen LogP) is 2.02. The summed E-state index contributed by atoms with van der Waals surface area (Å²) < 4.78 is 2.09. The van der Waals surface area contributed by atoms with E-state index in [0.717, 1.165) is 11.0 Å². The van der Waals surface area contributed by atoms with E-state index in [2.05, 4.69) is 40.8 Å². The molecular formula is C14H17N7. The van der Waals surface area contributed by atoms with Gasteiger partial charge in [0.15, 0.2) is 5.84 Å². The number of nitriles is 1. The molecule has 0 fully saturated rings. The molecule has 1 aromatic heterocycles. The molecule has 2 rings (SSSR count). The summed E-state index contributed by atoms with van der Waals surface area (Å²) in [6, 6.07) is 7.35. The van der Waals surface area contributed by atoms with E-state index in [4.69, 9.17) is 16.4 Å². The number of imidazole rings is 1. The van der Waals surface area contributed by atoms with Crippen LogP contribution in [0.2, 0.25) is 0 Å². The molecule has 1 heterocycles. The lowest BCUT2D eigenvalue weighted by Crippen LogP contribution is -2.21. The van der Waals surface area contributed by atoms with Crippen molar-refractivity contribution in [3.8, 4) is 6.07 Å². The van der Waals surface area contributed by atoms with Crippen LogP contribution < -0.4 is 11.2 Å². The zero-order valence-corrected chi connectivity index (χ0v) is 12.2. The number of aromatic nitrogens is 2. The van der Waals surface area contributed by atoms with Crippen molar-refractivity contribution in [3.63, 3.8) is 0 Å². The van der Waals surface area contributed by atoms with Crippen molar-refractivity contribution in [2.45, 2.75) is 26.3 Å². The Bertz CT molecular complexity index is 756. The Balaban J connectivity index is 2.34. The predicted molar refractivity (Wildman–Crippen MR) is 83.3 cm³/mol. The smallest absolute Gasteiger partial charge is 0.201 e. The first-order valence-electron chi connectivity index (χ1n) is 6.38. The molecule has 0 saturated carbocycles. The monoisotopic (exact) mass is 283 g/mol. The minimum absolute atomic E-state index is 0.0511. The molecule has 0 aliphatic carbocycles. The Hall–Kier alpha value is -2.88. The molecule has 2 aromatic rings. The van der Waals surface area contributed by atoms with Gasteiger partial charge in [0, 0.05) is 5.54 Å². The molecule has 0 bridgehead atoms. The highest BCUT2D eigenvalue weighted by Gasteiger charge is 2.15. The molecule has 0 aliphatic rings. The lowest BCUT2D eigenvalue weighted by Gasteiger charge is -2.21. The highest BCUT2D eigenvalue weighted by Crippen LogP contribution is 2.24. The number of hydrogen-bond donors (Lipinski definition) is 3. The van der Waals surface area contributed by atoms with Gasteiger partial charge in [-0.15, -0.1) is 0 Å². The number of benzene rings is 1. The summed E-state index contributed by atoms with van der Waals surface area (Å²) in [6.07, 6.45) is 1.80. The highest BCUT2D eigenvalue weighted by atomic mass is 15.3. The van der Waals surface area contributed by atoms with Crippen LogP contribution in [0.4, 0.5) is 5.69 Å². The van der Waals surface area contributed by atoms with Crippen LogP contribution in [0.1, 0.15) is 20.8 Å². The third kappa shape index (κ3) is 3.00. The number of fused-ring (bicyclic) bond motifs is 1. The van der Waals surface area contributed by atoms with Crippen molar-refractivity contribution in [2.24, 2.45) is 10.8 Å². The number of nitrogens with two attached hydrogens (primary N) is 1. The molecule has 0 unspecified atom stereocenters. The van der Waals surface area contributed by atoms with Crippen molar-refractivity contribution in [3.05, 3.63) is 24.5 Å². The van der Waals surface area contributed by atoms with Gasteiger partial charge >= 0.3 is 0 Å². The molecule has 7 heteroatoms. The number of hydrazone groups is 1. The van der Waals surface area contributed by atoms with Gasteiger partial charge in [-0.05, 0) is 39.0 Å². The first-order valence-corrected chi connectivity index (χ1v) is 6.38. The zero-order valence-electron chi connectivity index (χ0n) is 12.2. The summed E-state index contributed by atoms with van der Waals surface area (Å²) in [5.74, 6) is -0.372. The normalized spacial score (nSPS) is 12.2. The van der Waals surface area contributed by atoms with E-state index in [0.29, 0.717) is 5.69 Å². The van der Waals surface area contributed by atoms with Gasteiger partial charge in [0.2, 0.25) is 5.71 Å². The summed E-state index contributed by atoms with van der Waals surface area (Å²) in [4.78, 5) is 4.37. The molecule has 0 amide bonds. The van der Waals surface area contributed by atoms with Crippen LogP contribution in [-0.4, -0.2) is 21.1 Å². The topological polar surface area (TPSA) is 116 Å². The molecule has 7 nitrogen and oxygen atoms in total. The van der Waals surface area contributed by atoms with Gasteiger partial charge in [-0.2, -0.15) is 10.4 Å². The third-order valence-electron chi connectivity index (χ3n) is 2.93. The maximum absolute atomic E-state index is 8.78. The number of rotatable bonds is 3. The van der Waals surface area contributed by atoms with Crippen LogP contribution in [0.5, 0.6) is 0 Å². The first-order chi connectivity index (χ1) is 9.82. The highest BCUT2D eigenvalue weighted by molar-refractivity contribution is 6.45. The average molecular weight is 283 g/mol. The summed E-state index contributed by atoms with van der Waals surface area (Å²) in [5, 5.41) is 19.8. The van der Waals surface area contributed by atoms with Crippen molar-refractivity contribution >= 4 is 28.3 Å². The van der Waals surface area contributed by atoms with Crippen LogP contribution in [0.15, 0.2) is 29.6 Å². The van der Waals surface area contributed by atoms with Gasteiger partial charge in [0.05, 0.1) is 23.0 Å². The Kier molecular flexibility index (Phi) is 3.63. The second kappa shape index (κ2) is 5.25. The SMILES string of the molecule is CC(C)(C)n1cnc2cc(N/N=C(\C#N)C(=N)N)ccc21. The lowest BCUT2D eigenvalue weighted by atomic mass is 10.1. The van der Waals surface area contributed by atoms with Crippen molar-refractivity contribution < 1.29 is 0 Å². The van der Waals surface area contributed by atoms with Crippen molar-refractivity contribution in [1.29, 1.82) is 10.7 Å². The number of amidine groups is 1.